The maximum absolute atomic E-state index is 13.8. The smallest absolute Gasteiger partial charge is 0.139 e. The molecule has 1 heteroatoms. The molecule has 0 aliphatic heterocycles. The number of aryl methyl sites for hydroxylation is 1. The zero-order chi connectivity index (χ0) is 16.5. The Kier molecular flexibility index (Phi) is 7.40. The van der Waals surface area contributed by atoms with Crippen LogP contribution in [-0.4, -0.2) is 0 Å². The van der Waals surface area contributed by atoms with Crippen molar-refractivity contribution >= 4 is 0 Å². The lowest BCUT2D eigenvalue weighted by atomic mass is 9.80. The molecular formula is C22H29F. The highest BCUT2D eigenvalue weighted by Gasteiger charge is 2.18. The van der Waals surface area contributed by atoms with Crippen LogP contribution < -0.4 is 0 Å². The molecule has 0 amide bonds. The Labute approximate surface area is 141 Å². The summed E-state index contributed by atoms with van der Waals surface area (Å²) < 4.78 is 13.8. The van der Waals surface area contributed by atoms with Crippen LogP contribution in [0.5, 0.6) is 0 Å². The maximum atomic E-state index is 13.8. The first-order chi connectivity index (χ1) is 11.2. The second-order valence-corrected chi connectivity index (χ2v) is 6.72. The fourth-order valence-electron chi connectivity index (χ4n) is 3.35. The Morgan fingerprint density at radius 1 is 1.17 bits per heavy atom. The fourth-order valence-corrected chi connectivity index (χ4v) is 3.35. The second-order valence-electron chi connectivity index (χ2n) is 6.72. The molecule has 1 aromatic carbocycles. The summed E-state index contributed by atoms with van der Waals surface area (Å²) in [7, 11) is 0. The van der Waals surface area contributed by atoms with Crippen molar-refractivity contribution in [2.75, 3.05) is 0 Å². The molecule has 0 bridgehead atoms. The van der Waals surface area contributed by atoms with E-state index in [9.17, 15) is 4.39 Å². The highest BCUT2D eigenvalue weighted by atomic mass is 19.1. The summed E-state index contributed by atoms with van der Waals surface area (Å²) in [5.74, 6) is 7.33. The van der Waals surface area contributed by atoms with E-state index in [0.29, 0.717) is 11.5 Å². The normalized spacial score (nSPS) is 21.2. The number of hydrogen-bond acceptors (Lipinski definition) is 0. The van der Waals surface area contributed by atoms with Crippen molar-refractivity contribution in [2.45, 2.75) is 65.2 Å². The number of rotatable bonds is 5. The van der Waals surface area contributed by atoms with E-state index >= 15 is 0 Å². The van der Waals surface area contributed by atoms with E-state index in [1.54, 1.807) is 12.1 Å². The summed E-state index contributed by atoms with van der Waals surface area (Å²) in [6.07, 6.45) is 14.4. The minimum absolute atomic E-state index is 0.207. The molecule has 1 aromatic rings. The molecule has 23 heavy (non-hydrogen) atoms. The minimum Gasteiger partial charge on any atom is -0.206 e. The van der Waals surface area contributed by atoms with Crippen molar-refractivity contribution in [1.29, 1.82) is 0 Å². The summed E-state index contributed by atoms with van der Waals surface area (Å²) in [6.45, 7) is 4.30. The van der Waals surface area contributed by atoms with Crippen LogP contribution in [0.1, 0.15) is 69.9 Å². The van der Waals surface area contributed by atoms with Gasteiger partial charge < -0.3 is 0 Å². The molecule has 0 spiro atoms. The van der Waals surface area contributed by atoms with Gasteiger partial charge in [0.2, 0.25) is 0 Å². The van der Waals surface area contributed by atoms with Crippen LogP contribution in [0.2, 0.25) is 0 Å². The molecule has 1 saturated carbocycles. The fraction of sp³-hybridized carbons (Fsp3) is 0.545. The van der Waals surface area contributed by atoms with Gasteiger partial charge in [-0.1, -0.05) is 57.1 Å². The van der Waals surface area contributed by atoms with Gasteiger partial charge in [0.1, 0.15) is 5.82 Å². The zero-order valence-corrected chi connectivity index (χ0v) is 14.6. The van der Waals surface area contributed by atoms with E-state index in [4.69, 9.17) is 0 Å². The molecule has 2 rings (SSSR count). The molecule has 1 fully saturated rings. The van der Waals surface area contributed by atoms with Gasteiger partial charge in [0, 0.05) is 0 Å². The first kappa shape index (κ1) is 17.8. The van der Waals surface area contributed by atoms with Crippen LogP contribution in [0.4, 0.5) is 4.39 Å². The van der Waals surface area contributed by atoms with Gasteiger partial charge in [0.15, 0.2) is 0 Å². The summed E-state index contributed by atoms with van der Waals surface area (Å²) in [6, 6.07) is 5.33. The van der Waals surface area contributed by atoms with E-state index in [-0.39, 0.29) is 5.82 Å². The zero-order valence-electron chi connectivity index (χ0n) is 14.6. The van der Waals surface area contributed by atoms with Crippen molar-refractivity contribution in [3.63, 3.8) is 0 Å². The predicted octanol–water partition coefficient (Wildman–Crippen LogP) is 6.29. The van der Waals surface area contributed by atoms with E-state index in [1.165, 1.54) is 44.9 Å². The maximum Gasteiger partial charge on any atom is 0.139 e. The molecule has 0 nitrogen and oxygen atoms in total. The highest BCUT2D eigenvalue weighted by Crippen LogP contribution is 2.32. The van der Waals surface area contributed by atoms with Crippen LogP contribution in [-0.2, 0) is 6.42 Å². The number of benzene rings is 1. The van der Waals surface area contributed by atoms with Crippen LogP contribution in [0.25, 0.3) is 0 Å². The van der Waals surface area contributed by atoms with Crippen LogP contribution >= 0.6 is 0 Å². The van der Waals surface area contributed by atoms with Crippen LogP contribution in [0.15, 0.2) is 30.4 Å². The lowest BCUT2D eigenvalue weighted by Crippen LogP contribution is -2.12. The highest BCUT2D eigenvalue weighted by molar-refractivity contribution is 5.39. The van der Waals surface area contributed by atoms with Crippen LogP contribution in [0.3, 0.4) is 0 Å². The average Bonchev–Trinajstić information content (AvgIpc) is 2.59. The van der Waals surface area contributed by atoms with Crippen molar-refractivity contribution in [2.24, 2.45) is 11.8 Å². The van der Waals surface area contributed by atoms with Gasteiger partial charge in [0.25, 0.3) is 0 Å². The van der Waals surface area contributed by atoms with Gasteiger partial charge in [-0.15, -0.1) is 0 Å². The molecule has 124 valence electrons. The molecule has 1 aliphatic carbocycles. The Morgan fingerprint density at radius 2 is 1.96 bits per heavy atom. The summed E-state index contributed by atoms with van der Waals surface area (Å²) >= 11 is 0. The number of allylic oxidation sites excluding steroid dienone is 2. The SMILES string of the molecule is CCCCC1CCC(C=CC#Cc2ccc(CC)cc2F)CC1. The molecule has 0 aromatic heterocycles. The largest absolute Gasteiger partial charge is 0.206 e. The van der Waals surface area contributed by atoms with Gasteiger partial charge in [-0.2, -0.15) is 0 Å². The Hall–Kier alpha value is -1.55. The Morgan fingerprint density at radius 3 is 2.61 bits per heavy atom. The molecule has 0 heterocycles. The monoisotopic (exact) mass is 312 g/mol. The van der Waals surface area contributed by atoms with Gasteiger partial charge in [-0.05, 0) is 67.7 Å². The predicted molar refractivity (Wildman–Crippen MR) is 96.8 cm³/mol. The van der Waals surface area contributed by atoms with Gasteiger partial charge >= 0.3 is 0 Å². The standard InChI is InChI=1S/C22H29F/c1-3-5-8-19-11-13-20(14-12-19)9-6-7-10-21-16-15-18(4-2)17-22(21)23/h6,9,15-17,19-20H,3-5,8,11-14H2,1-2H3. The second kappa shape index (κ2) is 9.56. The minimum atomic E-state index is -0.207. The number of halogens is 1. The first-order valence-electron chi connectivity index (χ1n) is 9.19. The molecule has 0 N–H and O–H groups in total. The topological polar surface area (TPSA) is 0 Å². The summed E-state index contributed by atoms with van der Waals surface area (Å²) in [5, 5.41) is 0. The van der Waals surface area contributed by atoms with E-state index in [0.717, 1.165) is 17.9 Å². The average molecular weight is 312 g/mol. The van der Waals surface area contributed by atoms with E-state index < -0.39 is 0 Å². The van der Waals surface area contributed by atoms with Crippen molar-refractivity contribution in [1.82, 2.24) is 0 Å². The molecule has 0 atom stereocenters. The quantitative estimate of drug-likeness (QED) is 0.560. The third kappa shape index (κ3) is 5.87. The first-order valence-corrected chi connectivity index (χ1v) is 9.19. The van der Waals surface area contributed by atoms with E-state index in [1.807, 2.05) is 19.1 Å². The van der Waals surface area contributed by atoms with Crippen molar-refractivity contribution in [3.8, 4) is 11.8 Å². The molecule has 1 aliphatic rings. The third-order valence-electron chi connectivity index (χ3n) is 4.96. The van der Waals surface area contributed by atoms with Gasteiger partial charge in [0.05, 0.1) is 5.56 Å². The summed E-state index contributed by atoms with van der Waals surface area (Å²) in [5.41, 5.74) is 1.51. The molecule has 0 unspecified atom stereocenters. The Bertz CT molecular complexity index is 565. The van der Waals surface area contributed by atoms with E-state index in [2.05, 4.69) is 24.8 Å². The van der Waals surface area contributed by atoms with Crippen LogP contribution in [0, 0.1) is 29.5 Å². The van der Waals surface area contributed by atoms with Gasteiger partial charge in [-0.25, -0.2) is 4.39 Å². The molecule has 0 saturated heterocycles. The number of unbranched alkanes of at least 4 members (excludes halogenated alkanes) is 1. The Balaban J connectivity index is 1.82. The third-order valence-corrected chi connectivity index (χ3v) is 4.96. The molecule has 0 radical (unpaired) electrons. The number of hydrogen-bond donors (Lipinski definition) is 0. The summed E-state index contributed by atoms with van der Waals surface area (Å²) in [4.78, 5) is 0. The lowest BCUT2D eigenvalue weighted by molar-refractivity contribution is 0.291. The molecular weight excluding hydrogens is 283 g/mol. The van der Waals surface area contributed by atoms with Gasteiger partial charge in [-0.3, -0.25) is 0 Å². The van der Waals surface area contributed by atoms with Crippen molar-refractivity contribution < 1.29 is 4.39 Å². The lowest BCUT2D eigenvalue weighted by Gasteiger charge is -2.26. The van der Waals surface area contributed by atoms with Crippen molar-refractivity contribution in [3.05, 3.63) is 47.3 Å².